The monoisotopic (exact) mass is 334 g/mol. The summed E-state index contributed by atoms with van der Waals surface area (Å²) in [5.74, 6) is 0.373. The molecule has 1 N–H and O–H groups in total. The standard InChI is InChI=1S/C17H16ClFN2O2/c1-23-16-5-4-14(15(22)6-10-8-20-9-10)21-17(16)11-2-3-13(19)12(18)7-11/h2-5,7,10,20H,6,8-9H2,1H3. The van der Waals surface area contributed by atoms with Crippen molar-refractivity contribution in [3.63, 3.8) is 0 Å². The largest absolute Gasteiger partial charge is 0.494 e. The number of pyridine rings is 1. The van der Waals surface area contributed by atoms with E-state index in [1.807, 2.05) is 0 Å². The van der Waals surface area contributed by atoms with E-state index in [4.69, 9.17) is 16.3 Å². The smallest absolute Gasteiger partial charge is 0.181 e. The number of rotatable bonds is 5. The topological polar surface area (TPSA) is 51.2 Å². The van der Waals surface area contributed by atoms with E-state index in [0.29, 0.717) is 35.0 Å². The van der Waals surface area contributed by atoms with Crippen molar-refractivity contribution in [3.8, 4) is 17.0 Å². The summed E-state index contributed by atoms with van der Waals surface area (Å²) < 4.78 is 18.6. The minimum atomic E-state index is -0.501. The van der Waals surface area contributed by atoms with Crippen LogP contribution in [0.3, 0.4) is 0 Å². The molecule has 0 amide bonds. The first-order valence-corrected chi connectivity index (χ1v) is 7.70. The molecule has 1 saturated heterocycles. The molecule has 0 bridgehead atoms. The molecule has 0 atom stereocenters. The SMILES string of the molecule is COc1ccc(C(=O)CC2CNC2)nc1-c1ccc(F)c(Cl)c1. The summed E-state index contributed by atoms with van der Waals surface area (Å²) in [7, 11) is 1.52. The molecule has 0 radical (unpaired) electrons. The highest BCUT2D eigenvalue weighted by Gasteiger charge is 2.22. The number of hydrogen-bond acceptors (Lipinski definition) is 4. The zero-order valence-electron chi connectivity index (χ0n) is 12.6. The highest BCUT2D eigenvalue weighted by molar-refractivity contribution is 6.31. The van der Waals surface area contributed by atoms with Gasteiger partial charge in [-0.15, -0.1) is 0 Å². The third kappa shape index (κ3) is 3.35. The Morgan fingerprint density at radius 3 is 2.78 bits per heavy atom. The zero-order chi connectivity index (χ0) is 16.4. The fourth-order valence-electron chi connectivity index (χ4n) is 2.48. The van der Waals surface area contributed by atoms with Crippen LogP contribution in [0.15, 0.2) is 30.3 Å². The Morgan fingerprint density at radius 1 is 1.39 bits per heavy atom. The third-order valence-corrected chi connectivity index (χ3v) is 4.19. The van der Waals surface area contributed by atoms with E-state index < -0.39 is 5.82 Å². The van der Waals surface area contributed by atoms with Crippen LogP contribution in [0, 0.1) is 11.7 Å². The maximum Gasteiger partial charge on any atom is 0.181 e. The first kappa shape index (κ1) is 15.9. The maximum absolute atomic E-state index is 13.3. The summed E-state index contributed by atoms with van der Waals surface area (Å²) >= 11 is 5.84. The van der Waals surface area contributed by atoms with Gasteiger partial charge in [-0.1, -0.05) is 11.6 Å². The molecule has 6 heteroatoms. The average molecular weight is 335 g/mol. The fraction of sp³-hybridized carbons (Fsp3) is 0.294. The van der Waals surface area contributed by atoms with E-state index in [2.05, 4.69) is 10.3 Å². The first-order chi connectivity index (χ1) is 11.1. The highest BCUT2D eigenvalue weighted by atomic mass is 35.5. The van der Waals surface area contributed by atoms with Gasteiger partial charge in [-0.25, -0.2) is 9.37 Å². The van der Waals surface area contributed by atoms with Crippen LogP contribution in [0.1, 0.15) is 16.9 Å². The predicted octanol–water partition coefficient (Wildman–Crippen LogP) is 3.34. The lowest BCUT2D eigenvalue weighted by molar-refractivity contribution is 0.0940. The number of carbonyl (C=O) groups excluding carboxylic acids is 1. The lowest BCUT2D eigenvalue weighted by Crippen LogP contribution is -2.43. The molecule has 1 aliphatic rings. The summed E-state index contributed by atoms with van der Waals surface area (Å²) in [6, 6.07) is 7.67. The van der Waals surface area contributed by atoms with Gasteiger partial charge in [0.2, 0.25) is 0 Å². The van der Waals surface area contributed by atoms with Crippen LogP contribution in [0.2, 0.25) is 5.02 Å². The lowest BCUT2D eigenvalue weighted by atomic mass is 9.95. The van der Waals surface area contributed by atoms with Crippen molar-refractivity contribution < 1.29 is 13.9 Å². The van der Waals surface area contributed by atoms with E-state index >= 15 is 0 Å². The van der Waals surface area contributed by atoms with E-state index in [0.717, 1.165) is 13.1 Å². The number of aromatic nitrogens is 1. The Labute approximate surface area is 138 Å². The van der Waals surface area contributed by atoms with Gasteiger partial charge >= 0.3 is 0 Å². The first-order valence-electron chi connectivity index (χ1n) is 7.33. The number of ether oxygens (including phenoxy) is 1. The van der Waals surface area contributed by atoms with E-state index in [-0.39, 0.29) is 10.8 Å². The van der Waals surface area contributed by atoms with Gasteiger partial charge in [-0.3, -0.25) is 4.79 Å². The lowest BCUT2D eigenvalue weighted by Gasteiger charge is -2.26. The third-order valence-electron chi connectivity index (χ3n) is 3.90. The van der Waals surface area contributed by atoms with Gasteiger partial charge in [0.25, 0.3) is 0 Å². The van der Waals surface area contributed by atoms with Gasteiger partial charge in [0.1, 0.15) is 23.0 Å². The Morgan fingerprint density at radius 2 is 2.17 bits per heavy atom. The van der Waals surface area contributed by atoms with Gasteiger partial charge in [0.15, 0.2) is 5.78 Å². The molecule has 2 heterocycles. The fourth-order valence-corrected chi connectivity index (χ4v) is 2.66. The van der Waals surface area contributed by atoms with Gasteiger partial charge in [-0.2, -0.15) is 0 Å². The van der Waals surface area contributed by atoms with Crippen molar-refractivity contribution in [2.75, 3.05) is 20.2 Å². The Bertz CT molecular complexity index is 747. The minimum Gasteiger partial charge on any atom is -0.494 e. The quantitative estimate of drug-likeness (QED) is 0.852. The van der Waals surface area contributed by atoms with Gasteiger partial charge in [0.05, 0.1) is 12.1 Å². The molecule has 1 fully saturated rings. The second-order valence-corrected chi connectivity index (χ2v) is 5.94. The maximum atomic E-state index is 13.3. The normalized spacial score (nSPS) is 14.4. The van der Waals surface area contributed by atoms with Crippen LogP contribution in [0.25, 0.3) is 11.3 Å². The van der Waals surface area contributed by atoms with Crippen LogP contribution in [-0.4, -0.2) is 31.0 Å². The van der Waals surface area contributed by atoms with Crippen LogP contribution in [-0.2, 0) is 0 Å². The molecule has 1 aliphatic heterocycles. The summed E-state index contributed by atoms with van der Waals surface area (Å²) in [5, 5.41) is 3.15. The Kier molecular flexibility index (Phi) is 4.59. The van der Waals surface area contributed by atoms with Crippen LogP contribution in [0.5, 0.6) is 5.75 Å². The number of halogens is 2. The summed E-state index contributed by atoms with van der Waals surface area (Å²) in [6.07, 6.45) is 0.468. The van der Waals surface area contributed by atoms with Crippen molar-refractivity contribution in [1.82, 2.24) is 10.3 Å². The van der Waals surface area contributed by atoms with Crippen molar-refractivity contribution in [1.29, 1.82) is 0 Å². The van der Waals surface area contributed by atoms with Crippen LogP contribution >= 0.6 is 11.6 Å². The number of ketones is 1. The second-order valence-electron chi connectivity index (χ2n) is 5.53. The van der Waals surface area contributed by atoms with E-state index in [1.165, 1.54) is 19.2 Å². The molecule has 0 saturated carbocycles. The van der Waals surface area contributed by atoms with Crippen molar-refractivity contribution >= 4 is 17.4 Å². The molecular weight excluding hydrogens is 319 g/mol. The Balaban J connectivity index is 1.95. The molecule has 23 heavy (non-hydrogen) atoms. The predicted molar refractivity (Wildman–Crippen MR) is 86.5 cm³/mol. The number of methoxy groups -OCH3 is 1. The number of carbonyl (C=O) groups is 1. The van der Waals surface area contributed by atoms with Crippen LogP contribution in [0.4, 0.5) is 4.39 Å². The molecule has 3 rings (SSSR count). The molecule has 2 aromatic rings. The van der Waals surface area contributed by atoms with Gasteiger partial charge in [-0.05, 0) is 49.3 Å². The molecule has 0 spiro atoms. The van der Waals surface area contributed by atoms with Crippen molar-refractivity contribution in [2.45, 2.75) is 6.42 Å². The molecule has 4 nitrogen and oxygen atoms in total. The molecule has 1 aromatic heterocycles. The average Bonchev–Trinajstić information content (AvgIpc) is 2.52. The summed E-state index contributed by atoms with van der Waals surface area (Å²) in [6.45, 7) is 1.73. The summed E-state index contributed by atoms with van der Waals surface area (Å²) in [4.78, 5) is 16.8. The second kappa shape index (κ2) is 6.64. The molecule has 1 aromatic carbocycles. The molecule has 0 unspecified atom stereocenters. The zero-order valence-corrected chi connectivity index (χ0v) is 13.4. The van der Waals surface area contributed by atoms with Gasteiger partial charge < -0.3 is 10.1 Å². The van der Waals surface area contributed by atoms with Crippen molar-refractivity contribution in [2.24, 2.45) is 5.92 Å². The molecular formula is C17H16ClFN2O2. The molecule has 120 valence electrons. The van der Waals surface area contributed by atoms with Crippen molar-refractivity contribution in [3.05, 3.63) is 46.9 Å². The number of hydrogen-bond donors (Lipinski definition) is 1. The van der Waals surface area contributed by atoms with E-state index in [1.54, 1.807) is 18.2 Å². The summed E-state index contributed by atoms with van der Waals surface area (Å²) in [5.41, 5.74) is 1.47. The highest BCUT2D eigenvalue weighted by Crippen LogP contribution is 2.31. The molecule has 0 aliphatic carbocycles. The number of nitrogens with one attached hydrogen (secondary N) is 1. The van der Waals surface area contributed by atoms with E-state index in [9.17, 15) is 9.18 Å². The van der Waals surface area contributed by atoms with Crippen LogP contribution < -0.4 is 10.1 Å². The van der Waals surface area contributed by atoms with Gasteiger partial charge in [0, 0.05) is 12.0 Å². The Hall–Kier alpha value is -1.98. The number of Topliss-reactive ketones (excluding diaryl/α,β-unsaturated/α-hetero) is 1. The minimum absolute atomic E-state index is 0.00336. The number of nitrogens with zero attached hydrogens (tertiary/aromatic N) is 1. The number of benzene rings is 1.